The molecule has 3 N–H and O–H groups in total. The van der Waals surface area contributed by atoms with E-state index in [1.807, 2.05) is 13.8 Å². The predicted molar refractivity (Wildman–Crippen MR) is 57.7 cm³/mol. The van der Waals surface area contributed by atoms with Crippen molar-refractivity contribution in [2.75, 3.05) is 36.1 Å². The minimum Gasteiger partial charge on any atom is -0.357 e. The first-order valence-corrected chi connectivity index (χ1v) is 4.71. The number of nitrogens with one attached hydrogen (secondary N) is 3. The van der Waals surface area contributed by atoms with Crippen molar-refractivity contribution in [2.24, 2.45) is 0 Å². The Labute approximate surface area is 83.6 Å². The van der Waals surface area contributed by atoms with Crippen molar-refractivity contribution in [3.8, 4) is 0 Å². The third-order valence-electron chi connectivity index (χ3n) is 1.53. The molecule has 1 rings (SSSR count). The molecule has 0 aliphatic heterocycles. The molecular formula is C8H16N6. The third kappa shape index (κ3) is 2.72. The lowest BCUT2D eigenvalue weighted by Crippen LogP contribution is -2.10. The summed E-state index contributed by atoms with van der Waals surface area (Å²) in [6, 6.07) is 0. The van der Waals surface area contributed by atoms with E-state index in [4.69, 9.17) is 0 Å². The highest BCUT2D eigenvalue weighted by atomic mass is 15.3. The number of nitrogens with zero attached hydrogens (tertiary/aromatic N) is 3. The van der Waals surface area contributed by atoms with Gasteiger partial charge in [0.2, 0.25) is 17.8 Å². The van der Waals surface area contributed by atoms with Crippen molar-refractivity contribution in [3.63, 3.8) is 0 Å². The first-order valence-electron chi connectivity index (χ1n) is 4.71. The molecule has 0 unspecified atom stereocenters. The quantitative estimate of drug-likeness (QED) is 0.646. The van der Waals surface area contributed by atoms with E-state index in [-0.39, 0.29) is 0 Å². The van der Waals surface area contributed by atoms with Gasteiger partial charge in [0.15, 0.2) is 0 Å². The highest BCUT2D eigenvalue weighted by Gasteiger charge is 2.02. The van der Waals surface area contributed by atoms with E-state index in [0.717, 1.165) is 13.1 Å². The Morgan fingerprint density at radius 1 is 0.857 bits per heavy atom. The molecule has 0 radical (unpaired) electrons. The summed E-state index contributed by atoms with van der Waals surface area (Å²) in [6.45, 7) is 5.57. The van der Waals surface area contributed by atoms with Gasteiger partial charge in [0.05, 0.1) is 0 Å². The van der Waals surface area contributed by atoms with Gasteiger partial charge in [0, 0.05) is 20.1 Å². The Morgan fingerprint density at radius 2 is 1.29 bits per heavy atom. The maximum Gasteiger partial charge on any atom is 0.229 e. The van der Waals surface area contributed by atoms with E-state index in [2.05, 4.69) is 30.9 Å². The van der Waals surface area contributed by atoms with E-state index >= 15 is 0 Å². The molecule has 1 heterocycles. The van der Waals surface area contributed by atoms with Crippen LogP contribution < -0.4 is 16.0 Å². The zero-order chi connectivity index (χ0) is 10.4. The monoisotopic (exact) mass is 196 g/mol. The number of aromatic nitrogens is 3. The highest BCUT2D eigenvalue weighted by molar-refractivity contribution is 5.41. The van der Waals surface area contributed by atoms with E-state index in [1.54, 1.807) is 7.05 Å². The van der Waals surface area contributed by atoms with Gasteiger partial charge in [-0.1, -0.05) is 0 Å². The third-order valence-corrected chi connectivity index (χ3v) is 1.53. The van der Waals surface area contributed by atoms with Crippen LogP contribution in [0.2, 0.25) is 0 Å². The summed E-state index contributed by atoms with van der Waals surface area (Å²) in [5.41, 5.74) is 0. The molecule has 0 spiro atoms. The van der Waals surface area contributed by atoms with Crippen molar-refractivity contribution in [2.45, 2.75) is 13.8 Å². The second-order valence-electron chi connectivity index (χ2n) is 2.62. The average Bonchev–Trinajstić information content (AvgIpc) is 2.18. The molecule has 1 aromatic rings. The van der Waals surface area contributed by atoms with Gasteiger partial charge in [-0.15, -0.1) is 0 Å². The molecule has 6 heteroatoms. The van der Waals surface area contributed by atoms with Crippen LogP contribution in [0.5, 0.6) is 0 Å². The van der Waals surface area contributed by atoms with Crippen LogP contribution in [0.15, 0.2) is 0 Å². The van der Waals surface area contributed by atoms with Gasteiger partial charge >= 0.3 is 0 Å². The Kier molecular flexibility index (Phi) is 3.90. The molecule has 14 heavy (non-hydrogen) atoms. The minimum atomic E-state index is 0.562. The summed E-state index contributed by atoms with van der Waals surface area (Å²) in [6.07, 6.45) is 0. The fraction of sp³-hybridized carbons (Fsp3) is 0.625. The van der Waals surface area contributed by atoms with E-state index in [9.17, 15) is 0 Å². The van der Waals surface area contributed by atoms with Crippen molar-refractivity contribution >= 4 is 17.8 Å². The summed E-state index contributed by atoms with van der Waals surface area (Å²) in [4.78, 5) is 12.5. The smallest absolute Gasteiger partial charge is 0.229 e. The standard InChI is InChI=1S/C8H16N6/c1-4-10-7-12-6(9-3)13-8(14-7)11-5-2/h4-5H2,1-3H3,(H3,9,10,11,12,13,14). The number of rotatable bonds is 5. The molecule has 0 aliphatic carbocycles. The average molecular weight is 196 g/mol. The van der Waals surface area contributed by atoms with E-state index < -0.39 is 0 Å². The van der Waals surface area contributed by atoms with Crippen LogP contribution in [-0.4, -0.2) is 35.1 Å². The van der Waals surface area contributed by atoms with Crippen molar-refractivity contribution in [1.82, 2.24) is 15.0 Å². The van der Waals surface area contributed by atoms with Gasteiger partial charge in [-0.2, -0.15) is 15.0 Å². The SMILES string of the molecule is CCNc1nc(NC)nc(NCC)n1. The van der Waals surface area contributed by atoms with Crippen molar-refractivity contribution in [3.05, 3.63) is 0 Å². The molecule has 0 saturated carbocycles. The summed E-state index contributed by atoms with van der Waals surface area (Å²) in [5.74, 6) is 1.73. The molecule has 0 saturated heterocycles. The zero-order valence-corrected chi connectivity index (χ0v) is 8.76. The second kappa shape index (κ2) is 5.21. The topological polar surface area (TPSA) is 74.8 Å². The lowest BCUT2D eigenvalue weighted by atomic mass is 10.7. The minimum absolute atomic E-state index is 0.562. The van der Waals surface area contributed by atoms with Crippen LogP contribution in [0, 0.1) is 0 Å². The summed E-state index contributed by atoms with van der Waals surface area (Å²) >= 11 is 0. The maximum atomic E-state index is 4.18. The van der Waals surface area contributed by atoms with E-state index in [0.29, 0.717) is 17.8 Å². The van der Waals surface area contributed by atoms with Crippen molar-refractivity contribution in [1.29, 1.82) is 0 Å². The molecule has 6 nitrogen and oxygen atoms in total. The molecule has 0 atom stereocenters. The van der Waals surface area contributed by atoms with Crippen LogP contribution in [0.4, 0.5) is 17.8 Å². The first-order chi connectivity index (χ1) is 6.80. The predicted octanol–water partition coefficient (Wildman–Crippen LogP) is 0.777. The maximum absolute atomic E-state index is 4.18. The molecule has 0 fully saturated rings. The van der Waals surface area contributed by atoms with Gasteiger partial charge in [0.1, 0.15) is 0 Å². The van der Waals surface area contributed by atoms with E-state index in [1.165, 1.54) is 0 Å². The summed E-state index contributed by atoms with van der Waals surface area (Å²) in [5, 5.41) is 8.96. The fourth-order valence-corrected chi connectivity index (χ4v) is 0.962. The fourth-order valence-electron chi connectivity index (χ4n) is 0.962. The van der Waals surface area contributed by atoms with Crippen LogP contribution in [-0.2, 0) is 0 Å². The summed E-state index contributed by atoms with van der Waals surface area (Å²) in [7, 11) is 1.78. The normalized spacial score (nSPS) is 9.64. The lowest BCUT2D eigenvalue weighted by Gasteiger charge is -2.07. The zero-order valence-electron chi connectivity index (χ0n) is 8.76. The molecule has 78 valence electrons. The van der Waals surface area contributed by atoms with Gasteiger partial charge in [0.25, 0.3) is 0 Å². The Morgan fingerprint density at radius 3 is 1.64 bits per heavy atom. The summed E-state index contributed by atoms with van der Waals surface area (Å²) < 4.78 is 0. The second-order valence-corrected chi connectivity index (χ2v) is 2.62. The van der Waals surface area contributed by atoms with Crippen LogP contribution >= 0.6 is 0 Å². The number of hydrogen-bond donors (Lipinski definition) is 3. The van der Waals surface area contributed by atoms with Crippen LogP contribution in [0.1, 0.15) is 13.8 Å². The Balaban J connectivity index is 2.88. The number of hydrogen-bond acceptors (Lipinski definition) is 6. The van der Waals surface area contributed by atoms with Gasteiger partial charge in [-0.25, -0.2) is 0 Å². The molecule has 0 aliphatic rings. The lowest BCUT2D eigenvalue weighted by molar-refractivity contribution is 1.000. The van der Waals surface area contributed by atoms with Gasteiger partial charge < -0.3 is 16.0 Å². The molecule has 0 bridgehead atoms. The Hall–Kier alpha value is -1.59. The first kappa shape index (κ1) is 10.5. The van der Waals surface area contributed by atoms with Gasteiger partial charge in [-0.05, 0) is 13.8 Å². The largest absolute Gasteiger partial charge is 0.357 e. The van der Waals surface area contributed by atoms with Crippen LogP contribution in [0.25, 0.3) is 0 Å². The molecule has 0 aromatic carbocycles. The molecule has 1 aromatic heterocycles. The van der Waals surface area contributed by atoms with Crippen LogP contribution in [0.3, 0.4) is 0 Å². The Bertz CT molecular complexity index is 263. The van der Waals surface area contributed by atoms with Crippen molar-refractivity contribution < 1.29 is 0 Å². The molecule has 0 amide bonds. The highest BCUT2D eigenvalue weighted by Crippen LogP contribution is 2.07. The molecular weight excluding hydrogens is 180 g/mol. The number of anilines is 3. The van der Waals surface area contributed by atoms with Gasteiger partial charge in [-0.3, -0.25) is 0 Å².